The van der Waals surface area contributed by atoms with Crippen LogP contribution in [0.3, 0.4) is 0 Å². The first-order valence-corrected chi connectivity index (χ1v) is 9.82. The number of esters is 1. The Hall–Kier alpha value is -3.70. The van der Waals surface area contributed by atoms with Gasteiger partial charge >= 0.3 is 17.6 Å². The van der Waals surface area contributed by atoms with E-state index < -0.39 is 4.92 Å². The number of rotatable bonds is 5. The zero-order valence-electron chi connectivity index (χ0n) is 17.3. The molecular weight excluding hydrogens is 408 g/mol. The zero-order valence-corrected chi connectivity index (χ0v) is 17.3. The summed E-state index contributed by atoms with van der Waals surface area (Å²) in [7, 11) is 1.71. The van der Waals surface area contributed by atoms with Crippen molar-refractivity contribution < 1.29 is 24.4 Å². The number of carbonyl (C=O) groups excluding carboxylic acids is 1. The molecule has 3 aliphatic rings. The second-order valence-corrected chi connectivity index (χ2v) is 7.14. The van der Waals surface area contributed by atoms with Crippen molar-refractivity contribution in [1.29, 1.82) is 5.41 Å². The van der Waals surface area contributed by atoms with Crippen molar-refractivity contribution in [3.05, 3.63) is 45.6 Å². The van der Waals surface area contributed by atoms with Crippen LogP contribution in [0.5, 0.6) is 0 Å². The number of allylic oxidation sites excluding steroid dienone is 3. The zero-order chi connectivity index (χ0) is 22.5. The molecule has 0 aromatic heterocycles. The lowest BCUT2D eigenvalue weighted by atomic mass is 9.97. The summed E-state index contributed by atoms with van der Waals surface area (Å²) in [5, 5.41) is 30.1. The van der Waals surface area contributed by atoms with E-state index in [2.05, 4.69) is 10.1 Å². The minimum atomic E-state index is -0.532. The van der Waals surface area contributed by atoms with Crippen molar-refractivity contribution >= 4 is 23.3 Å². The highest BCUT2D eigenvalue weighted by Crippen LogP contribution is 2.28. The Kier molecular flexibility index (Phi) is 6.68. The third-order valence-corrected chi connectivity index (χ3v) is 5.10. The average Bonchev–Trinajstić information content (AvgIpc) is 2.76. The largest absolute Gasteiger partial charge is 0.469 e. The molecule has 12 heteroatoms. The molecule has 0 spiro atoms. The number of hydrogen-bond acceptors (Lipinski definition) is 10. The third kappa shape index (κ3) is 4.73. The van der Waals surface area contributed by atoms with Gasteiger partial charge in [0, 0.05) is 26.2 Å². The Morgan fingerprint density at radius 3 is 2.74 bits per heavy atom. The summed E-state index contributed by atoms with van der Waals surface area (Å²) in [6, 6.07) is 0. The predicted molar refractivity (Wildman–Crippen MR) is 112 cm³/mol. The van der Waals surface area contributed by atoms with Gasteiger partial charge in [-0.05, 0) is 31.9 Å². The molecule has 1 fully saturated rings. The van der Waals surface area contributed by atoms with Crippen molar-refractivity contribution in [2.75, 3.05) is 33.4 Å². The lowest BCUT2D eigenvalue weighted by molar-refractivity contribution is -0.420. The standard InChI is InChI=1S/C19H24N6O6/c1-3-30-19(26)12-6-8-24(9-7-12)18-16(25(28)29)17(21-11-23(18)2)31-13-4-5-14(20)15(10-13)22-27/h4-5,10,12,20,27H,3,6-9,11H2,1-2H3/p+1/b20-14?,22-15-. The van der Waals surface area contributed by atoms with Crippen LogP contribution in [-0.2, 0) is 14.3 Å². The molecule has 1 aliphatic carbocycles. The molecule has 166 valence electrons. The Morgan fingerprint density at radius 2 is 2.13 bits per heavy atom. The fraction of sp³-hybridized carbons (Fsp3) is 0.474. The van der Waals surface area contributed by atoms with E-state index in [9.17, 15) is 14.9 Å². The minimum Gasteiger partial charge on any atom is -0.469 e. The van der Waals surface area contributed by atoms with Crippen molar-refractivity contribution in [3.63, 3.8) is 0 Å². The van der Waals surface area contributed by atoms with Crippen LogP contribution in [0.2, 0.25) is 0 Å². The highest BCUT2D eigenvalue weighted by molar-refractivity contribution is 6.50. The van der Waals surface area contributed by atoms with Gasteiger partial charge in [-0.2, -0.15) is 0 Å². The molecule has 0 amide bonds. The first kappa shape index (κ1) is 22.0. The SMILES string of the molecule is CCOC(=O)C1CCN(C2=C([N+](=O)[O-])C(OC3=C/C(=N/[OH2+])C(=N)C=C3)=NCN2C)CC1. The third-order valence-electron chi connectivity index (χ3n) is 5.10. The van der Waals surface area contributed by atoms with Crippen LogP contribution in [0.15, 0.2) is 45.7 Å². The monoisotopic (exact) mass is 433 g/mol. The van der Waals surface area contributed by atoms with Gasteiger partial charge in [0.2, 0.25) is 0 Å². The van der Waals surface area contributed by atoms with Gasteiger partial charge in [0.1, 0.15) is 12.4 Å². The average molecular weight is 433 g/mol. The van der Waals surface area contributed by atoms with Crippen molar-refractivity contribution in [3.8, 4) is 0 Å². The maximum absolute atomic E-state index is 12.0. The highest BCUT2D eigenvalue weighted by Gasteiger charge is 2.39. The van der Waals surface area contributed by atoms with E-state index in [0.717, 1.165) is 0 Å². The van der Waals surface area contributed by atoms with Crippen molar-refractivity contribution in [2.45, 2.75) is 19.8 Å². The Bertz CT molecular complexity index is 926. The molecular formula is C19H25N6O6+. The molecule has 12 nitrogen and oxygen atoms in total. The Labute approximate surface area is 178 Å². The van der Waals surface area contributed by atoms with Gasteiger partial charge in [-0.3, -0.25) is 20.3 Å². The van der Waals surface area contributed by atoms with Crippen molar-refractivity contribution in [1.82, 2.24) is 9.80 Å². The van der Waals surface area contributed by atoms with Crippen LogP contribution >= 0.6 is 0 Å². The predicted octanol–water partition coefficient (Wildman–Crippen LogP) is 0.579. The number of aliphatic imine (C=N–C) groups is 1. The molecule has 0 radical (unpaired) electrons. The molecule has 31 heavy (non-hydrogen) atoms. The summed E-state index contributed by atoms with van der Waals surface area (Å²) in [6.45, 7) is 3.17. The topological polar surface area (TPSA) is 157 Å². The summed E-state index contributed by atoms with van der Waals surface area (Å²) in [4.78, 5) is 31.2. The molecule has 0 unspecified atom stereocenters. The Balaban J connectivity index is 1.84. The molecule has 3 N–H and O–H groups in total. The van der Waals surface area contributed by atoms with Gasteiger partial charge in [-0.25, -0.2) is 4.99 Å². The quantitative estimate of drug-likeness (QED) is 0.218. The minimum absolute atomic E-state index is 0.0443. The summed E-state index contributed by atoms with van der Waals surface area (Å²) in [6.07, 6.45) is 5.30. The number of nitrogens with one attached hydrogen (secondary N) is 1. The molecule has 3 rings (SSSR count). The highest BCUT2D eigenvalue weighted by atomic mass is 16.6. The van der Waals surface area contributed by atoms with E-state index in [1.807, 2.05) is 4.90 Å². The molecule has 1 saturated heterocycles. The summed E-state index contributed by atoms with van der Waals surface area (Å²) >= 11 is 0. The smallest absolute Gasteiger partial charge is 0.370 e. The van der Waals surface area contributed by atoms with Crippen molar-refractivity contribution in [2.24, 2.45) is 16.1 Å². The molecule has 0 bridgehead atoms. The fourth-order valence-corrected chi connectivity index (χ4v) is 3.59. The van der Waals surface area contributed by atoms with Gasteiger partial charge in [0.25, 0.3) is 0 Å². The van der Waals surface area contributed by atoms with E-state index in [0.29, 0.717) is 38.4 Å². The first-order chi connectivity index (χ1) is 14.8. The normalized spacial score (nSPS) is 21.2. The number of hydrogen-bond donors (Lipinski definition) is 1. The summed E-state index contributed by atoms with van der Waals surface area (Å²) < 4.78 is 10.8. The van der Waals surface area contributed by atoms with E-state index >= 15 is 0 Å². The molecule has 2 heterocycles. The van der Waals surface area contributed by atoms with Gasteiger partial charge in [-0.15, -0.1) is 0 Å². The van der Waals surface area contributed by atoms with Crippen LogP contribution in [0.4, 0.5) is 0 Å². The maximum atomic E-state index is 12.0. The number of nitro groups is 1. The van der Waals surface area contributed by atoms with Gasteiger partial charge in [0.15, 0.2) is 11.5 Å². The summed E-state index contributed by atoms with van der Waals surface area (Å²) in [5.41, 5.74) is -0.149. The van der Waals surface area contributed by atoms with E-state index in [1.165, 1.54) is 18.2 Å². The van der Waals surface area contributed by atoms with Crippen LogP contribution in [-0.4, -0.2) is 76.6 Å². The van der Waals surface area contributed by atoms with Crippen LogP contribution in [0.1, 0.15) is 19.8 Å². The van der Waals surface area contributed by atoms with Gasteiger partial charge in [0.05, 0.1) is 28.3 Å². The lowest BCUT2D eigenvalue weighted by Gasteiger charge is -2.38. The summed E-state index contributed by atoms with van der Waals surface area (Å²) in [5.74, 6) is -0.0321. The van der Waals surface area contributed by atoms with E-state index in [4.69, 9.17) is 20.1 Å². The second kappa shape index (κ2) is 9.41. The number of likely N-dealkylation sites (tertiary alicyclic amines) is 1. The van der Waals surface area contributed by atoms with Crippen LogP contribution < -0.4 is 0 Å². The van der Waals surface area contributed by atoms with E-state index in [-0.39, 0.29) is 47.3 Å². The molecule has 0 atom stereocenters. The fourth-order valence-electron chi connectivity index (χ4n) is 3.59. The second-order valence-electron chi connectivity index (χ2n) is 7.14. The number of ether oxygens (including phenoxy) is 2. The van der Waals surface area contributed by atoms with Gasteiger partial charge < -0.3 is 24.5 Å². The van der Waals surface area contributed by atoms with Crippen LogP contribution in [0, 0.1) is 21.4 Å². The number of piperidine rings is 1. The molecule has 2 aliphatic heterocycles. The molecule has 0 aromatic carbocycles. The Morgan fingerprint density at radius 1 is 1.42 bits per heavy atom. The molecule has 0 saturated carbocycles. The van der Waals surface area contributed by atoms with E-state index in [1.54, 1.807) is 18.9 Å². The maximum Gasteiger partial charge on any atom is 0.370 e. The molecule has 0 aromatic rings. The van der Waals surface area contributed by atoms with Gasteiger partial charge in [-0.1, -0.05) is 0 Å². The first-order valence-electron chi connectivity index (χ1n) is 9.82. The van der Waals surface area contributed by atoms with Crippen LogP contribution in [0.25, 0.3) is 0 Å². The lowest BCUT2D eigenvalue weighted by Crippen LogP contribution is -2.45. The number of carbonyl (C=O) groups is 1. The number of nitrogens with zero attached hydrogens (tertiary/aromatic N) is 5.